The van der Waals surface area contributed by atoms with Gasteiger partial charge in [-0.1, -0.05) is 29.8 Å². The van der Waals surface area contributed by atoms with Crippen molar-refractivity contribution in [2.45, 2.75) is 37.8 Å². The molecule has 194 valence electrons. The van der Waals surface area contributed by atoms with Gasteiger partial charge >= 0.3 is 0 Å². The van der Waals surface area contributed by atoms with E-state index in [0.717, 1.165) is 38.1 Å². The van der Waals surface area contributed by atoms with Crippen LogP contribution in [0.5, 0.6) is 0 Å². The number of nitrogens with zero attached hydrogens (tertiary/aromatic N) is 6. The molecule has 4 rings (SSSR count). The molecule has 0 N–H and O–H groups in total. The second-order valence-electron chi connectivity index (χ2n) is 10.1. The number of likely N-dealkylation sites (N-methyl/N-ethyl adjacent to an activating group) is 1. The maximum Gasteiger partial charge on any atom is 0.264 e. The van der Waals surface area contributed by atoms with E-state index < -0.39 is 21.4 Å². The zero-order valence-electron chi connectivity index (χ0n) is 21.2. The third-order valence-electron chi connectivity index (χ3n) is 6.31. The summed E-state index contributed by atoms with van der Waals surface area (Å²) in [6.07, 6.45) is 0. The Hall–Kier alpha value is -2.53. The lowest BCUT2D eigenvalue weighted by atomic mass is 10.1. The highest BCUT2D eigenvalue weighted by molar-refractivity contribution is 7.93. The number of sulfonamides is 1. The average Bonchev–Trinajstić information content (AvgIpc) is 3.17. The number of halogens is 2. The minimum Gasteiger partial charge on any atom is -0.313 e. The second-order valence-corrected chi connectivity index (χ2v) is 12.3. The zero-order chi connectivity index (χ0) is 26.3. The van der Waals surface area contributed by atoms with Crippen LogP contribution in [-0.2, 0) is 23.6 Å². The molecule has 0 atom stereocenters. The van der Waals surface area contributed by atoms with E-state index in [-0.39, 0.29) is 15.6 Å². The lowest BCUT2D eigenvalue weighted by molar-refractivity contribution is 0.144. The van der Waals surface area contributed by atoms with Crippen molar-refractivity contribution in [2.75, 3.05) is 37.5 Å². The molecule has 0 bridgehead atoms. The number of rotatable bonds is 6. The first-order valence-corrected chi connectivity index (χ1v) is 13.6. The molecule has 2 aromatic carbocycles. The average molecular weight is 535 g/mol. The van der Waals surface area contributed by atoms with Gasteiger partial charge in [0.15, 0.2) is 5.82 Å². The number of piperazine rings is 1. The highest BCUT2D eigenvalue weighted by Crippen LogP contribution is 2.40. The summed E-state index contributed by atoms with van der Waals surface area (Å²) in [6.45, 7) is 9.67. The molecule has 1 aromatic heterocycles. The van der Waals surface area contributed by atoms with Crippen molar-refractivity contribution in [3.8, 4) is 11.4 Å². The van der Waals surface area contributed by atoms with Crippen molar-refractivity contribution in [2.24, 2.45) is 7.05 Å². The molecule has 0 amide bonds. The van der Waals surface area contributed by atoms with E-state index in [9.17, 15) is 12.8 Å². The summed E-state index contributed by atoms with van der Waals surface area (Å²) < 4.78 is 45.6. The molecule has 1 aliphatic rings. The summed E-state index contributed by atoms with van der Waals surface area (Å²) in [7, 11) is -0.125. The van der Waals surface area contributed by atoms with Crippen LogP contribution in [-0.4, -0.2) is 71.7 Å². The molecule has 11 heteroatoms. The van der Waals surface area contributed by atoms with Crippen molar-refractivity contribution >= 4 is 27.3 Å². The predicted molar refractivity (Wildman–Crippen MR) is 140 cm³/mol. The van der Waals surface area contributed by atoms with Crippen LogP contribution >= 0.6 is 11.6 Å². The van der Waals surface area contributed by atoms with E-state index in [1.807, 2.05) is 11.6 Å². The fourth-order valence-corrected chi connectivity index (χ4v) is 6.38. The molecule has 0 saturated carbocycles. The number of benzene rings is 2. The van der Waals surface area contributed by atoms with Gasteiger partial charge in [-0.3, -0.25) is 9.21 Å². The first-order valence-electron chi connectivity index (χ1n) is 11.8. The van der Waals surface area contributed by atoms with Gasteiger partial charge in [0.05, 0.1) is 22.2 Å². The third kappa shape index (κ3) is 5.27. The topological polar surface area (TPSA) is 74.6 Å². The normalized spacial score (nSPS) is 15.9. The second kappa shape index (κ2) is 10.1. The van der Waals surface area contributed by atoms with Gasteiger partial charge in [0.2, 0.25) is 0 Å². The SMILES string of the molecule is CN1CCN(Cc2nnc(-c3cc(Cl)c(F)cc3N(C(C)(C)C)S(=O)(=O)c3ccccc3)n2C)CC1. The van der Waals surface area contributed by atoms with Gasteiger partial charge in [-0.2, -0.15) is 0 Å². The van der Waals surface area contributed by atoms with Gasteiger partial charge in [-0.25, -0.2) is 12.8 Å². The molecule has 1 saturated heterocycles. The Bertz CT molecular complexity index is 1330. The van der Waals surface area contributed by atoms with Crippen molar-refractivity contribution in [3.63, 3.8) is 0 Å². The molecule has 8 nitrogen and oxygen atoms in total. The molecule has 3 aromatic rings. The number of anilines is 1. The highest BCUT2D eigenvalue weighted by atomic mass is 35.5. The molecular weight excluding hydrogens is 503 g/mol. The van der Waals surface area contributed by atoms with E-state index in [1.54, 1.807) is 39.0 Å². The first kappa shape index (κ1) is 26.5. The quantitative estimate of drug-likeness (QED) is 0.475. The molecule has 2 heterocycles. The standard InChI is InChI=1S/C25H32ClFN6O2S/c1-25(2,3)33(36(34,35)18-9-7-6-8-10-18)22-16-21(27)20(26)15-19(22)24-29-28-23(31(24)5)17-32-13-11-30(4)12-14-32/h6-10,15-16H,11-14,17H2,1-5H3. The fourth-order valence-electron chi connectivity index (χ4n) is 4.37. The third-order valence-corrected chi connectivity index (χ3v) is 8.70. The summed E-state index contributed by atoms with van der Waals surface area (Å²) in [5.74, 6) is 0.426. The molecule has 0 spiro atoms. The van der Waals surface area contributed by atoms with Crippen molar-refractivity contribution in [1.29, 1.82) is 0 Å². The van der Waals surface area contributed by atoms with Gasteiger partial charge in [0, 0.05) is 50.4 Å². The van der Waals surface area contributed by atoms with E-state index in [2.05, 4.69) is 27.0 Å². The molecule has 36 heavy (non-hydrogen) atoms. The van der Waals surface area contributed by atoms with Gasteiger partial charge < -0.3 is 9.47 Å². The van der Waals surface area contributed by atoms with Crippen LogP contribution in [0.4, 0.5) is 10.1 Å². The highest BCUT2D eigenvalue weighted by Gasteiger charge is 2.37. The minimum absolute atomic E-state index is 0.106. The molecular formula is C25H32ClFN6O2S. The fraction of sp³-hybridized carbons (Fsp3) is 0.440. The summed E-state index contributed by atoms with van der Waals surface area (Å²) in [4.78, 5) is 4.68. The van der Waals surface area contributed by atoms with Crippen LogP contribution in [0.1, 0.15) is 26.6 Å². The van der Waals surface area contributed by atoms with Crippen molar-refractivity contribution in [3.05, 3.63) is 59.1 Å². The number of aromatic nitrogens is 3. The van der Waals surface area contributed by atoms with Crippen LogP contribution in [0, 0.1) is 5.82 Å². The summed E-state index contributed by atoms with van der Waals surface area (Å²) >= 11 is 6.20. The molecule has 0 unspecified atom stereocenters. The Morgan fingerprint density at radius 3 is 2.28 bits per heavy atom. The lowest BCUT2D eigenvalue weighted by Crippen LogP contribution is -2.46. The molecule has 1 aliphatic heterocycles. The maximum atomic E-state index is 14.9. The smallest absolute Gasteiger partial charge is 0.264 e. The van der Waals surface area contributed by atoms with Gasteiger partial charge in [-0.05, 0) is 46.0 Å². The largest absolute Gasteiger partial charge is 0.313 e. The van der Waals surface area contributed by atoms with E-state index in [1.165, 1.54) is 22.5 Å². The van der Waals surface area contributed by atoms with Crippen LogP contribution in [0.25, 0.3) is 11.4 Å². The summed E-state index contributed by atoms with van der Waals surface area (Å²) in [6, 6.07) is 10.7. The van der Waals surface area contributed by atoms with Gasteiger partial charge in [-0.15, -0.1) is 10.2 Å². The Labute approximate surface area is 217 Å². The predicted octanol–water partition coefficient (Wildman–Crippen LogP) is 4.02. The molecule has 1 fully saturated rings. The summed E-state index contributed by atoms with van der Waals surface area (Å²) in [5, 5.41) is 8.66. The van der Waals surface area contributed by atoms with Crippen LogP contribution in [0.15, 0.2) is 47.4 Å². The Kier molecular flexibility index (Phi) is 7.43. The number of hydrogen-bond donors (Lipinski definition) is 0. The van der Waals surface area contributed by atoms with Crippen LogP contribution in [0.2, 0.25) is 5.02 Å². The Balaban J connectivity index is 1.83. The van der Waals surface area contributed by atoms with Gasteiger partial charge in [0.1, 0.15) is 11.6 Å². The maximum absolute atomic E-state index is 14.9. The Morgan fingerprint density at radius 2 is 1.67 bits per heavy atom. The van der Waals surface area contributed by atoms with E-state index >= 15 is 0 Å². The Morgan fingerprint density at radius 1 is 1.03 bits per heavy atom. The first-order chi connectivity index (χ1) is 16.9. The zero-order valence-corrected chi connectivity index (χ0v) is 22.8. The van der Waals surface area contributed by atoms with E-state index in [0.29, 0.717) is 17.9 Å². The van der Waals surface area contributed by atoms with Crippen LogP contribution in [0.3, 0.4) is 0 Å². The van der Waals surface area contributed by atoms with Gasteiger partial charge in [0.25, 0.3) is 10.0 Å². The minimum atomic E-state index is -4.05. The monoisotopic (exact) mass is 534 g/mol. The number of hydrogen-bond acceptors (Lipinski definition) is 6. The summed E-state index contributed by atoms with van der Waals surface area (Å²) in [5.41, 5.74) is -0.393. The van der Waals surface area contributed by atoms with Crippen molar-refractivity contribution < 1.29 is 12.8 Å². The molecule has 0 radical (unpaired) electrons. The molecule has 0 aliphatic carbocycles. The lowest BCUT2D eigenvalue weighted by Gasteiger charge is -2.37. The van der Waals surface area contributed by atoms with E-state index in [4.69, 9.17) is 11.6 Å². The van der Waals surface area contributed by atoms with Crippen molar-refractivity contribution in [1.82, 2.24) is 24.6 Å². The van der Waals surface area contributed by atoms with Crippen LogP contribution < -0.4 is 4.31 Å².